The molecule has 10 heteroatoms. The molecule has 2 heterocycles. The van der Waals surface area contributed by atoms with Crippen LogP contribution in [0.3, 0.4) is 0 Å². The third kappa shape index (κ3) is 4.73. The minimum atomic E-state index is -4.45. The number of amides is 1. The maximum atomic E-state index is 13.1. The summed E-state index contributed by atoms with van der Waals surface area (Å²) in [4.78, 5) is 28.3. The molecule has 5 aromatic rings. The van der Waals surface area contributed by atoms with Crippen molar-refractivity contribution < 1.29 is 18.0 Å². The number of aromatic nitrogens is 4. The van der Waals surface area contributed by atoms with Gasteiger partial charge in [-0.25, -0.2) is 4.98 Å². The van der Waals surface area contributed by atoms with Crippen LogP contribution in [0.15, 0.2) is 83.9 Å². The summed E-state index contributed by atoms with van der Waals surface area (Å²) in [6.45, 7) is 0.284. The predicted molar refractivity (Wildman–Crippen MR) is 133 cm³/mol. The molecule has 5 rings (SSSR count). The van der Waals surface area contributed by atoms with Gasteiger partial charge in [0, 0.05) is 18.2 Å². The molecule has 0 atom stereocenters. The number of benzene rings is 3. The summed E-state index contributed by atoms with van der Waals surface area (Å²) in [5, 5.41) is 5.14. The van der Waals surface area contributed by atoms with Crippen LogP contribution in [0.2, 0.25) is 0 Å². The number of carbonyl (C=O) groups excluding carboxylic acids is 1. The van der Waals surface area contributed by atoms with Crippen molar-refractivity contribution in [1.29, 1.82) is 0 Å². The molecule has 186 valence electrons. The van der Waals surface area contributed by atoms with Gasteiger partial charge >= 0.3 is 6.18 Å². The van der Waals surface area contributed by atoms with Gasteiger partial charge in [0.2, 0.25) is 5.91 Å². The van der Waals surface area contributed by atoms with Gasteiger partial charge in [-0.15, -0.1) is 0 Å². The average molecular weight is 503 g/mol. The number of primary amides is 1. The first-order valence-electron chi connectivity index (χ1n) is 11.2. The van der Waals surface area contributed by atoms with Gasteiger partial charge in [-0.05, 0) is 53.6 Å². The van der Waals surface area contributed by atoms with Crippen LogP contribution in [0.25, 0.3) is 33.4 Å². The van der Waals surface area contributed by atoms with Gasteiger partial charge in [-0.2, -0.15) is 18.3 Å². The number of fused-ring (bicyclic) bond motifs is 1. The van der Waals surface area contributed by atoms with E-state index in [1.807, 2.05) is 0 Å². The molecule has 0 aliphatic carbocycles. The van der Waals surface area contributed by atoms with Crippen LogP contribution in [-0.4, -0.2) is 25.2 Å². The largest absolute Gasteiger partial charge is 0.416 e. The zero-order chi connectivity index (χ0) is 26.3. The van der Waals surface area contributed by atoms with E-state index in [1.54, 1.807) is 60.3 Å². The number of aryl methyl sites for hydroxylation is 1. The van der Waals surface area contributed by atoms with E-state index >= 15 is 0 Å². The van der Waals surface area contributed by atoms with Crippen molar-refractivity contribution in [2.75, 3.05) is 0 Å². The summed E-state index contributed by atoms with van der Waals surface area (Å²) < 4.78 is 42.4. The summed E-state index contributed by atoms with van der Waals surface area (Å²) in [6, 6.07) is 18.5. The average Bonchev–Trinajstić information content (AvgIpc) is 3.29. The Morgan fingerprint density at radius 2 is 1.62 bits per heavy atom. The lowest BCUT2D eigenvalue weighted by Crippen LogP contribution is -2.16. The first-order chi connectivity index (χ1) is 17.6. The molecule has 0 unspecified atom stereocenters. The molecule has 3 aromatic carbocycles. The highest BCUT2D eigenvalue weighted by molar-refractivity contribution is 5.92. The van der Waals surface area contributed by atoms with E-state index in [0.29, 0.717) is 39.0 Å². The lowest BCUT2D eigenvalue weighted by atomic mass is 10.1. The van der Waals surface area contributed by atoms with Crippen molar-refractivity contribution in [3.63, 3.8) is 0 Å². The van der Waals surface area contributed by atoms with E-state index in [4.69, 9.17) is 10.8 Å². The molecule has 0 aliphatic heterocycles. The normalized spacial score (nSPS) is 11.7. The summed E-state index contributed by atoms with van der Waals surface area (Å²) in [5.41, 5.74) is 8.41. The van der Waals surface area contributed by atoms with Gasteiger partial charge in [0.25, 0.3) is 5.56 Å². The molecule has 37 heavy (non-hydrogen) atoms. The van der Waals surface area contributed by atoms with Crippen molar-refractivity contribution in [2.24, 2.45) is 12.8 Å². The molecule has 0 radical (unpaired) electrons. The maximum absolute atomic E-state index is 13.1. The molecule has 0 saturated heterocycles. The summed E-state index contributed by atoms with van der Waals surface area (Å²) in [6.07, 6.45) is -3.00. The Morgan fingerprint density at radius 1 is 0.946 bits per heavy atom. The van der Waals surface area contributed by atoms with Crippen LogP contribution < -0.4 is 11.3 Å². The lowest BCUT2D eigenvalue weighted by Gasteiger charge is -2.10. The fourth-order valence-corrected chi connectivity index (χ4v) is 4.06. The Morgan fingerprint density at radius 3 is 2.27 bits per heavy atom. The minimum absolute atomic E-state index is 0.205. The molecule has 0 spiro atoms. The van der Waals surface area contributed by atoms with Gasteiger partial charge in [0.1, 0.15) is 0 Å². The van der Waals surface area contributed by atoms with Crippen LogP contribution in [0.1, 0.15) is 21.5 Å². The number of nitrogens with zero attached hydrogens (tertiary/aromatic N) is 4. The molecular formula is C27H20F3N5O2. The summed E-state index contributed by atoms with van der Waals surface area (Å²) in [5.74, 6) is -0.546. The smallest absolute Gasteiger partial charge is 0.366 e. The second kappa shape index (κ2) is 9.05. The van der Waals surface area contributed by atoms with E-state index in [2.05, 4.69) is 4.98 Å². The number of halogens is 3. The molecule has 0 bridgehead atoms. The van der Waals surface area contributed by atoms with E-state index in [1.165, 1.54) is 23.0 Å². The second-order valence-corrected chi connectivity index (χ2v) is 8.60. The number of rotatable bonds is 5. The molecule has 2 N–H and O–H groups in total. The standard InChI is InChI=1S/C27H20F3N5O2/c1-34-15-32-22-11-8-19(12-21(22)26(34)37)23-13-24(17-6-9-20(10-7-17)27(28,29)30)35(33-23)14-16-2-4-18(5-3-16)25(31)36/h2-13,15H,14H2,1H3,(H2,31,36). The minimum Gasteiger partial charge on any atom is -0.366 e. The highest BCUT2D eigenvalue weighted by Crippen LogP contribution is 2.33. The Bertz CT molecular complexity index is 1690. The molecular weight excluding hydrogens is 483 g/mol. The van der Waals surface area contributed by atoms with Crippen LogP contribution in [0.4, 0.5) is 13.2 Å². The first kappa shape index (κ1) is 24.0. The van der Waals surface area contributed by atoms with Gasteiger partial charge < -0.3 is 10.3 Å². The van der Waals surface area contributed by atoms with Crippen molar-refractivity contribution >= 4 is 16.8 Å². The quantitative estimate of drug-likeness (QED) is 0.378. The number of carbonyl (C=O) groups is 1. The molecule has 0 saturated carbocycles. The molecule has 2 aromatic heterocycles. The van der Waals surface area contributed by atoms with Crippen molar-refractivity contribution in [3.05, 3.63) is 106 Å². The maximum Gasteiger partial charge on any atom is 0.416 e. The highest BCUT2D eigenvalue weighted by Gasteiger charge is 2.30. The van der Waals surface area contributed by atoms with E-state index in [9.17, 15) is 22.8 Å². The fraction of sp³-hybridized carbons (Fsp3) is 0.111. The van der Waals surface area contributed by atoms with Crippen molar-refractivity contribution in [2.45, 2.75) is 12.7 Å². The lowest BCUT2D eigenvalue weighted by molar-refractivity contribution is -0.137. The monoisotopic (exact) mass is 503 g/mol. The van der Waals surface area contributed by atoms with Crippen LogP contribution >= 0.6 is 0 Å². The number of alkyl halides is 3. The summed E-state index contributed by atoms with van der Waals surface area (Å²) >= 11 is 0. The zero-order valence-corrected chi connectivity index (χ0v) is 19.5. The van der Waals surface area contributed by atoms with E-state index in [-0.39, 0.29) is 12.1 Å². The van der Waals surface area contributed by atoms with Gasteiger partial charge in [0.15, 0.2) is 0 Å². The fourth-order valence-electron chi connectivity index (χ4n) is 4.06. The van der Waals surface area contributed by atoms with E-state index in [0.717, 1.165) is 17.7 Å². The summed E-state index contributed by atoms with van der Waals surface area (Å²) in [7, 11) is 1.61. The Labute approximate surface area is 208 Å². The van der Waals surface area contributed by atoms with E-state index < -0.39 is 17.6 Å². The van der Waals surface area contributed by atoms with Gasteiger partial charge in [-0.1, -0.05) is 30.3 Å². The first-order valence-corrected chi connectivity index (χ1v) is 11.2. The SMILES string of the molecule is Cn1cnc2ccc(-c3cc(-c4ccc(C(F)(F)F)cc4)n(Cc4ccc(C(N)=O)cc4)n3)cc2c1=O. The third-order valence-corrected chi connectivity index (χ3v) is 6.07. The highest BCUT2D eigenvalue weighted by atomic mass is 19.4. The number of hydrogen-bond acceptors (Lipinski definition) is 4. The number of nitrogens with two attached hydrogens (primary N) is 1. The topological polar surface area (TPSA) is 95.8 Å². The predicted octanol–water partition coefficient (Wildman–Crippen LogP) is 4.63. The van der Waals surface area contributed by atoms with Crippen LogP contribution in [0, 0.1) is 0 Å². The molecule has 7 nitrogen and oxygen atoms in total. The Hall–Kier alpha value is -4.73. The van der Waals surface area contributed by atoms with Crippen LogP contribution in [-0.2, 0) is 19.8 Å². The Balaban J connectivity index is 1.60. The van der Waals surface area contributed by atoms with Crippen molar-refractivity contribution in [3.8, 4) is 22.5 Å². The Kier molecular flexibility index (Phi) is 5.87. The van der Waals surface area contributed by atoms with Gasteiger partial charge in [-0.3, -0.25) is 14.3 Å². The second-order valence-electron chi connectivity index (χ2n) is 8.60. The zero-order valence-electron chi connectivity index (χ0n) is 19.5. The number of hydrogen-bond donors (Lipinski definition) is 1. The third-order valence-electron chi connectivity index (χ3n) is 6.07. The molecule has 0 aliphatic rings. The van der Waals surface area contributed by atoms with Crippen molar-refractivity contribution in [1.82, 2.24) is 19.3 Å². The molecule has 0 fully saturated rings. The van der Waals surface area contributed by atoms with Crippen LogP contribution in [0.5, 0.6) is 0 Å². The van der Waals surface area contributed by atoms with Gasteiger partial charge in [0.05, 0.1) is 40.7 Å². The molecule has 1 amide bonds.